The van der Waals surface area contributed by atoms with Gasteiger partial charge in [0.05, 0.1) is 28.8 Å². The van der Waals surface area contributed by atoms with Crippen LogP contribution in [0, 0.1) is 6.92 Å². The second-order valence-electron chi connectivity index (χ2n) is 7.92. The molecule has 5 rings (SSSR count). The van der Waals surface area contributed by atoms with Crippen LogP contribution < -0.4 is 4.74 Å². The first-order chi connectivity index (χ1) is 16.0. The number of halogens is 1. The standard InChI is InChI=1S/C26H22ClN3O2S/c1-3-32-19-9-10-21-18(13-19)14-20(25(27)28-21)23-15-22(17-7-4-6-16(2)12-17)29-30(23)26(31)24-8-5-11-33-24/h4-14,23H,3,15H2,1-2H3. The molecule has 4 aromatic rings. The van der Waals surface area contributed by atoms with Crippen LogP contribution in [0.5, 0.6) is 5.75 Å². The topological polar surface area (TPSA) is 54.8 Å². The Morgan fingerprint density at radius 3 is 2.82 bits per heavy atom. The van der Waals surface area contributed by atoms with Gasteiger partial charge in [0, 0.05) is 17.4 Å². The average molecular weight is 476 g/mol. The van der Waals surface area contributed by atoms with Crippen LogP contribution in [0.1, 0.15) is 45.7 Å². The van der Waals surface area contributed by atoms with Gasteiger partial charge in [-0.15, -0.1) is 11.3 Å². The average Bonchev–Trinajstić information content (AvgIpc) is 3.49. The molecule has 0 fully saturated rings. The van der Waals surface area contributed by atoms with E-state index in [0.717, 1.165) is 39.1 Å². The molecule has 0 N–H and O–H groups in total. The number of aryl methyl sites for hydroxylation is 1. The van der Waals surface area contributed by atoms with Crippen molar-refractivity contribution in [3.05, 3.63) is 92.8 Å². The Bertz CT molecular complexity index is 1370. The van der Waals surface area contributed by atoms with Gasteiger partial charge in [0.2, 0.25) is 0 Å². The van der Waals surface area contributed by atoms with Gasteiger partial charge in [0.1, 0.15) is 10.9 Å². The third kappa shape index (κ3) is 4.24. The van der Waals surface area contributed by atoms with E-state index in [1.807, 2.05) is 73.8 Å². The molecule has 3 heterocycles. The highest BCUT2D eigenvalue weighted by Crippen LogP contribution is 2.38. The third-order valence-electron chi connectivity index (χ3n) is 5.64. The lowest BCUT2D eigenvalue weighted by atomic mass is 9.97. The molecule has 33 heavy (non-hydrogen) atoms. The Labute approximate surface area is 201 Å². The third-order valence-corrected chi connectivity index (χ3v) is 6.80. The van der Waals surface area contributed by atoms with E-state index in [1.165, 1.54) is 11.3 Å². The summed E-state index contributed by atoms with van der Waals surface area (Å²) < 4.78 is 5.66. The molecular formula is C26H22ClN3O2S. The molecule has 0 radical (unpaired) electrons. The van der Waals surface area contributed by atoms with Crippen LogP contribution in [0.3, 0.4) is 0 Å². The summed E-state index contributed by atoms with van der Waals surface area (Å²) in [6.07, 6.45) is 0.554. The van der Waals surface area contributed by atoms with Gasteiger partial charge in [-0.1, -0.05) is 47.5 Å². The van der Waals surface area contributed by atoms with Gasteiger partial charge >= 0.3 is 0 Å². The number of nitrogens with zero attached hydrogens (tertiary/aromatic N) is 3. The number of ether oxygens (including phenoxy) is 1. The van der Waals surface area contributed by atoms with Crippen LogP contribution >= 0.6 is 22.9 Å². The molecular weight excluding hydrogens is 454 g/mol. The number of hydrogen-bond donors (Lipinski definition) is 0. The molecule has 0 aliphatic carbocycles. The number of benzene rings is 2. The number of amides is 1. The Balaban J connectivity index is 1.59. The number of thiophene rings is 1. The summed E-state index contributed by atoms with van der Waals surface area (Å²) in [6, 6.07) is 19.2. The first kappa shape index (κ1) is 21.6. The quantitative estimate of drug-likeness (QED) is 0.304. The summed E-state index contributed by atoms with van der Waals surface area (Å²) in [5.41, 5.74) is 4.55. The lowest BCUT2D eigenvalue weighted by Gasteiger charge is -2.22. The van der Waals surface area contributed by atoms with E-state index < -0.39 is 0 Å². The fourth-order valence-electron chi connectivity index (χ4n) is 4.09. The van der Waals surface area contributed by atoms with E-state index in [1.54, 1.807) is 5.01 Å². The van der Waals surface area contributed by atoms with Crippen LogP contribution in [-0.2, 0) is 0 Å². The van der Waals surface area contributed by atoms with Crippen LogP contribution in [0.4, 0.5) is 0 Å². The van der Waals surface area contributed by atoms with Gasteiger partial charge in [-0.05, 0) is 55.1 Å². The van der Waals surface area contributed by atoms with Crippen molar-refractivity contribution in [2.45, 2.75) is 26.3 Å². The molecule has 0 spiro atoms. The number of carbonyl (C=O) groups excluding carboxylic acids is 1. The first-order valence-electron chi connectivity index (χ1n) is 10.8. The van der Waals surface area contributed by atoms with Crippen molar-refractivity contribution < 1.29 is 9.53 Å². The second-order valence-corrected chi connectivity index (χ2v) is 9.22. The highest BCUT2D eigenvalue weighted by atomic mass is 35.5. The van der Waals surface area contributed by atoms with Crippen molar-refractivity contribution in [2.24, 2.45) is 5.10 Å². The molecule has 7 heteroatoms. The van der Waals surface area contributed by atoms with E-state index in [0.29, 0.717) is 23.1 Å². The fraction of sp³-hybridized carbons (Fsp3) is 0.192. The molecule has 0 saturated carbocycles. The first-order valence-corrected chi connectivity index (χ1v) is 12.0. The number of fused-ring (bicyclic) bond motifs is 1. The smallest absolute Gasteiger partial charge is 0.284 e. The number of carbonyl (C=O) groups is 1. The summed E-state index contributed by atoms with van der Waals surface area (Å²) >= 11 is 8.07. The van der Waals surface area contributed by atoms with Crippen LogP contribution in [0.2, 0.25) is 5.15 Å². The van der Waals surface area contributed by atoms with Crippen LogP contribution in [0.25, 0.3) is 10.9 Å². The van der Waals surface area contributed by atoms with E-state index in [2.05, 4.69) is 11.1 Å². The highest BCUT2D eigenvalue weighted by molar-refractivity contribution is 7.12. The van der Waals surface area contributed by atoms with Crippen LogP contribution in [0.15, 0.2) is 71.1 Å². The zero-order chi connectivity index (χ0) is 22.9. The Morgan fingerprint density at radius 1 is 1.18 bits per heavy atom. The number of pyridine rings is 1. The summed E-state index contributed by atoms with van der Waals surface area (Å²) in [5.74, 6) is 0.631. The molecule has 166 valence electrons. The molecule has 1 atom stereocenters. The normalized spacial score (nSPS) is 15.7. The van der Waals surface area contributed by atoms with Gasteiger partial charge in [-0.3, -0.25) is 4.79 Å². The zero-order valence-corrected chi connectivity index (χ0v) is 19.9. The predicted octanol–water partition coefficient (Wildman–Crippen LogP) is 6.65. The molecule has 0 saturated heterocycles. The van der Waals surface area contributed by atoms with Crippen molar-refractivity contribution in [2.75, 3.05) is 6.61 Å². The molecule has 2 aromatic heterocycles. The van der Waals surface area contributed by atoms with Crippen LogP contribution in [-0.4, -0.2) is 28.2 Å². The van der Waals surface area contributed by atoms with Crippen molar-refractivity contribution >= 4 is 45.5 Å². The van der Waals surface area contributed by atoms with Gasteiger partial charge < -0.3 is 4.74 Å². The van der Waals surface area contributed by atoms with Crippen molar-refractivity contribution in [3.8, 4) is 5.75 Å². The van der Waals surface area contributed by atoms with E-state index >= 15 is 0 Å². The molecule has 0 bridgehead atoms. The fourth-order valence-corrected chi connectivity index (χ4v) is 5.02. The Kier molecular flexibility index (Phi) is 5.87. The van der Waals surface area contributed by atoms with Gasteiger partial charge in [-0.25, -0.2) is 9.99 Å². The summed E-state index contributed by atoms with van der Waals surface area (Å²) in [5, 5.41) is 9.52. The predicted molar refractivity (Wildman–Crippen MR) is 133 cm³/mol. The summed E-state index contributed by atoms with van der Waals surface area (Å²) in [6.45, 7) is 4.58. The van der Waals surface area contributed by atoms with Gasteiger partial charge in [-0.2, -0.15) is 5.10 Å². The zero-order valence-electron chi connectivity index (χ0n) is 18.3. The summed E-state index contributed by atoms with van der Waals surface area (Å²) in [4.78, 5) is 18.6. The maximum Gasteiger partial charge on any atom is 0.284 e. The van der Waals surface area contributed by atoms with E-state index in [-0.39, 0.29) is 11.9 Å². The Morgan fingerprint density at radius 2 is 2.06 bits per heavy atom. The lowest BCUT2D eigenvalue weighted by Crippen LogP contribution is -2.26. The number of rotatable bonds is 5. The molecule has 1 aliphatic rings. The van der Waals surface area contributed by atoms with Crippen molar-refractivity contribution in [3.63, 3.8) is 0 Å². The minimum atomic E-state index is -0.352. The molecule has 1 unspecified atom stereocenters. The SMILES string of the molecule is CCOc1ccc2nc(Cl)c(C3CC(c4cccc(C)c4)=NN3C(=O)c3cccs3)cc2c1. The second kappa shape index (κ2) is 8.96. The largest absolute Gasteiger partial charge is 0.494 e. The number of hydrogen-bond acceptors (Lipinski definition) is 5. The van der Waals surface area contributed by atoms with Gasteiger partial charge in [0.25, 0.3) is 5.91 Å². The summed E-state index contributed by atoms with van der Waals surface area (Å²) in [7, 11) is 0. The maximum atomic E-state index is 13.4. The van der Waals surface area contributed by atoms with Crippen molar-refractivity contribution in [1.29, 1.82) is 0 Å². The van der Waals surface area contributed by atoms with E-state index in [9.17, 15) is 4.79 Å². The Hall–Kier alpha value is -3.22. The number of aromatic nitrogens is 1. The number of hydrazone groups is 1. The molecule has 2 aromatic carbocycles. The van der Waals surface area contributed by atoms with Gasteiger partial charge in [0.15, 0.2) is 0 Å². The minimum Gasteiger partial charge on any atom is -0.494 e. The highest BCUT2D eigenvalue weighted by Gasteiger charge is 2.35. The molecule has 5 nitrogen and oxygen atoms in total. The lowest BCUT2D eigenvalue weighted by molar-refractivity contribution is 0.0716. The minimum absolute atomic E-state index is 0.142. The molecule has 1 aliphatic heterocycles. The monoisotopic (exact) mass is 475 g/mol. The molecule has 1 amide bonds. The maximum absolute atomic E-state index is 13.4. The van der Waals surface area contributed by atoms with Crippen molar-refractivity contribution in [1.82, 2.24) is 9.99 Å². The van der Waals surface area contributed by atoms with E-state index in [4.69, 9.17) is 21.4 Å².